The van der Waals surface area contributed by atoms with Crippen LogP contribution in [0.2, 0.25) is 19.6 Å². The van der Waals surface area contributed by atoms with Gasteiger partial charge in [0.1, 0.15) is 0 Å². The molecular weight excluding hydrogens is 236 g/mol. The van der Waals surface area contributed by atoms with Crippen LogP contribution < -0.4 is 0 Å². The van der Waals surface area contributed by atoms with Crippen LogP contribution in [-0.2, 0) is 14.0 Å². The van der Waals surface area contributed by atoms with Crippen LogP contribution in [0.4, 0.5) is 0 Å². The Bertz CT molecular complexity index is 254. The van der Waals surface area contributed by atoms with Crippen molar-refractivity contribution in [2.24, 2.45) is 0 Å². The van der Waals surface area contributed by atoms with Gasteiger partial charge in [-0.3, -0.25) is 0 Å². The lowest BCUT2D eigenvalue weighted by Gasteiger charge is -2.35. The van der Waals surface area contributed by atoms with Gasteiger partial charge in [-0.1, -0.05) is 26.2 Å². The third-order valence-corrected chi connectivity index (χ3v) is 12.8. The van der Waals surface area contributed by atoms with E-state index in [0.29, 0.717) is 0 Å². The molecule has 5 heteroatoms. The van der Waals surface area contributed by atoms with Crippen molar-refractivity contribution in [1.82, 2.24) is 0 Å². The number of carbonyl (C=O) groups is 1. The first-order valence-electron chi connectivity index (χ1n) is 5.90. The van der Waals surface area contributed by atoms with Gasteiger partial charge >= 0.3 is 5.97 Å². The van der Waals surface area contributed by atoms with Crippen LogP contribution >= 0.6 is 0 Å². The summed E-state index contributed by atoms with van der Waals surface area (Å²) in [7, 11) is -3.01. The Labute approximate surface area is 100 Å². The van der Waals surface area contributed by atoms with Crippen LogP contribution in [0.25, 0.3) is 0 Å². The van der Waals surface area contributed by atoms with Crippen molar-refractivity contribution < 1.29 is 14.0 Å². The summed E-state index contributed by atoms with van der Waals surface area (Å²) in [5, 5.41) is 0. The Balaban J connectivity index is 2.69. The first-order chi connectivity index (χ1) is 7.45. The second-order valence-electron chi connectivity index (χ2n) is 5.33. The zero-order valence-corrected chi connectivity index (χ0v) is 12.6. The molecule has 1 rings (SSSR count). The Hall–Kier alpha value is -0.396. The summed E-state index contributed by atoms with van der Waals surface area (Å²) in [4.78, 5) is 11.4. The van der Waals surface area contributed by atoms with E-state index in [1.54, 1.807) is 0 Å². The molecule has 16 heavy (non-hydrogen) atoms. The lowest BCUT2D eigenvalue weighted by molar-refractivity contribution is -0.129. The SMILES string of the molecule is C=CC(=O)O[SiH](C1CCCCO1)[Si](C)(C)C. The van der Waals surface area contributed by atoms with Crippen molar-refractivity contribution in [3.8, 4) is 0 Å². The summed E-state index contributed by atoms with van der Waals surface area (Å²) in [6.45, 7) is 11.1. The smallest absolute Gasteiger partial charge is 0.316 e. The highest BCUT2D eigenvalue weighted by atomic mass is 29.2. The van der Waals surface area contributed by atoms with Gasteiger partial charge in [-0.15, -0.1) is 0 Å². The molecule has 1 aliphatic rings. The largest absolute Gasteiger partial charge is 0.519 e. The molecule has 2 atom stereocenters. The molecule has 0 spiro atoms. The first kappa shape index (κ1) is 13.7. The normalized spacial score (nSPS) is 23.6. The monoisotopic (exact) mass is 258 g/mol. The summed E-state index contributed by atoms with van der Waals surface area (Å²) < 4.78 is 11.4. The van der Waals surface area contributed by atoms with E-state index in [2.05, 4.69) is 26.2 Å². The maximum absolute atomic E-state index is 11.4. The molecule has 0 bridgehead atoms. The average molecular weight is 258 g/mol. The van der Waals surface area contributed by atoms with E-state index in [4.69, 9.17) is 9.16 Å². The van der Waals surface area contributed by atoms with E-state index in [1.165, 1.54) is 12.5 Å². The second kappa shape index (κ2) is 5.79. The Morgan fingerprint density at radius 2 is 2.19 bits per heavy atom. The zero-order valence-electron chi connectivity index (χ0n) is 10.5. The van der Waals surface area contributed by atoms with E-state index in [9.17, 15) is 4.79 Å². The van der Waals surface area contributed by atoms with Gasteiger partial charge in [-0.2, -0.15) is 0 Å². The molecular formula is C11H22O3Si2. The topological polar surface area (TPSA) is 35.5 Å². The number of rotatable bonds is 4. The summed E-state index contributed by atoms with van der Waals surface area (Å²) >= 11 is 0. The quantitative estimate of drug-likeness (QED) is 0.571. The predicted octanol–water partition coefficient (Wildman–Crippen LogP) is 1.96. The van der Waals surface area contributed by atoms with Gasteiger partial charge in [-0.05, 0) is 19.3 Å². The molecule has 1 heterocycles. The Kier molecular flexibility index (Phi) is 4.95. The second-order valence-corrected chi connectivity index (χ2v) is 18.8. The molecule has 0 aliphatic carbocycles. The molecule has 0 aromatic rings. The minimum Gasteiger partial charge on any atom is -0.519 e. The van der Waals surface area contributed by atoms with E-state index >= 15 is 0 Å². The third kappa shape index (κ3) is 3.88. The molecule has 0 aromatic carbocycles. The van der Waals surface area contributed by atoms with Crippen molar-refractivity contribution in [1.29, 1.82) is 0 Å². The predicted molar refractivity (Wildman–Crippen MR) is 70.4 cm³/mol. The molecule has 0 radical (unpaired) electrons. The Morgan fingerprint density at radius 1 is 1.50 bits per heavy atom. The van der Waals surface area contributed by atoms with E-state index < -0.39 is 16.1 Å². The van der Waals surface area contributed by atoms with E-state index in [1.807, 2.05) is 0 Å². The van der Waals surface area contributed by atoms with Crippen LogP contribution in [0.5, 0.6) is 0 Å². The third-order valence-electron chi connectivity index (χ3n) is 2.82. The fraction of sp³-hybridized carbons (Fsp3) is 0.727. The number of ether oxygens (including phenoxy) is 1. The standard InChI is InChI=1S/C11H22O3Si2/c1-5-10(12)14-15(16(2,3)4)11-8-6-7-9-13-11/h5,11,15H,1,6-9H2,2-4H3. The summed E-state index contributed by atoms with van der Waals surface area (Å²) in [6.07, 6.45) is 4.66. The summed E-state index contributed by atoms with van der Waals surface area (Å²) in [6, 6.07) is 0. The Morgan fingerprint density at radius 3 is 2.62 bits per heavy atom. The highest BCUT2D eigenvalue weighted by Crippen LogP contribution is 2.22. The van der Waals surface area contributed by atoms with Crippen LogP contribution in [0, 0.1) is 0 Å². The fourth-order valence-corrected chi connectivity index (χ4v) is 10.3. The molecule has 0 saturated carbocycles. The molecule has 92 valence electrons. The van der Waals surface area contributed by atoms with Gasteiger partial charge in [-0.25, -0.2) is 4.79 Å². The first-order valence-corrected chi connectivity index (χ1v) is 12.3. The van der Waals surface area contributed by atoms with Gasteiger partial charge < -0.3 is 9.16 Å². The molecule has 0 amide bonds. The fourth-order valence-electron chi connectivity index (χ4n) is 1.99. The van der Waals surface area contributed by atoms with Gasteiger partial charge in [0.25, 0.3) is 8.56 Å². The van der Waals surface area contributed by atoms with E-state index in [0.717, 1.165) is 19.4 Å². The maximum Gasteiger partial charge on any atom is 0.316 e. The van der Waals surface area contributed by atoms with Crippen LogP contribution in [0.1, 0.15) is 19.3 Å². The molecule has 0 N–H and O–H groups in total. The lowest BCUT2D eigenvalue weighted by Crippen LogP contribution is -2.56. The van der Waals surface area contributed by atoms with Crippen molar-refractivity contribution in [2.75, 3.05) is 6.61 Å². The zero-order chi connectivity index (χ0) is 12.2. The van der Waals surface area contributed by atoms with Crippen molar-refractivity contribution in [3.05, 3.63) is 12.7 Å². The average Bonchev–Trinajstić information content (AvgIpc) is 2.25. The molecule has 0 aromatic heterocycles. The minimum absolute atomic E-state index is 0.226. The van der Waals surface area contributed by atoms with Crippen LogP contribution in [0.15, 0.2) is 12.7 Å². The van der Waals surface area contributed by atoms with Crippen molar-refractivity contribution in [2.45, 2.75) is 44.6 Å². The summed E-state index contributed by atoms with van der Waals surface area (Å²) in [5.41, 5.74) is 0.226. The van der Waals surface area contributed by atoms with Crippen molar-refractivity contribution >= 4 is 22.1 Å². The molecule has 1 aliphatic heterocycles. The van der Waals surface area contributed by atoms with Gasteiger partial charge in [0, 0.05) is 12.7 Å². The van der Waals surface area contributed by atoms with Crippen LogP contribution in [0.3, 0.4) is 0 Å². The van der Waals surface area contributed by atoms with Crippen molar-refractivity contribution in [3.63, 3.8) is 0 Å². The maximum atomic E-state index is 11.4. The summed E-state index contributed by atoms with van der Waals surface area (Å²) in [5.74, 6) is -0.270. The number of hydrogen-bond acceptors (Lipinski definition) is 3. The highest BCUT2D eigenvalue weighted by Gasteiger charge is 2.40. The molecule has 1 fully saturated rings. The molecule has 3 nitrogen and oxygen atoms in total. The van der Waals surface area contributed by atoms with E-state index in [-0.39, 0.29) is 11.7 Å². The molecule has 2 unspecified atom stereocenters. The van der Waals surface area contributed by atoms with Crippen LogP contribution in [-0.4, -0.2) is 34.5 Å². The highest BCUT2D eigenvalue weighted by molar-refractivity contribution is 7.30. The number of carbonyl (C=O) groups excluding carboxylic acids is 1. The molecule has 1 saturated heterocycles. The lowest BCUT2D eigenvalue weighted by atomic mass is 10.2. The van der Waals surface area contributed by atoms with Gasteiger partial charge in [0.15, 0.2) is 0 Å². The van der Waals surface area contributed by atoms with Gasteiger partial charge in [0.2, 0.25) is 0 Å². The van der Waals surface area contributed by atoms with Gasteiger partial charge in [0.05, 0.1) is 13.3 Å². The number of hydrogen-bond donors (Lipinski definition) is 0. The minimum atomic E-state index is -1.58.